The van der Waals surface area contributed by atoms with E-state index < -0.39 is 126 Å². The molecule has 0 N–H and O–H groups in total. The summed E-state index contributed by atoms with van der Waals surface area (Å²) in [6, 6.07) is 12.4. The van der Waals surface area contributed by atoms with Crippen molar-refractivity contribution in [1.82, 2.24) is 30.4 Å². The van der Waals surface area contributed by atoms with Crippen LogP contribution in [0.5, 0.6) is 0 Å². The van der Waals surface area contributed by atoms with Crippen LogP contribution >= 0.6 is 51.4 Å². The Morgan fingerprint density at radius 1 is 0.385 bits per heavy atom. The lowest BCUT2D eigenvalue weighted by Gasteiger charge is -2.12. The summed E-state index contributed by atoms with van der Waals surface area (Å²) >= 11 is 0. The van der Waals surface area contributed by atoms with E-state index in [1.165, 1.54) is 58.6 Å². The van der Waals surface area contributed by atoms with Gasteiger partial charge >= 0.3 is 48.4 Å². The van der Waals surface area contributed by atoms with Gasteiger partial charge in [-0.2, -0.15) is 14.1 Å². The lowest BCUT2D eigenvalue weighted by molar-refractivity contribution is -0.166. The Bertz CT molecular complexity index is 3310. The topological polar surface area (TPSA) is 436 Å². The molecule has 41 heteroatoms. The Balaban J connectivity index is 0.000000290. The maximum absolute atomic E-state index is 11.9. The van der Waals surface area contributed by atoms with Crippen LogP contribution in [0, 0.1) is 0 Å². The van der Waals surface area contributed by atoms with Crippen molar-refractivity contribution in [2.75, 3.05) is 13.3 Å². The maximum atomic E-state index is 11.9. The van der Waals surface area contributed by atoms with Crippen LogP contribution in [-0.4, -0.2) is 138 Å². The molecule has 2 aromatic carbocycles. The van der Waals surface area contributed by atoms with Crippen LogP contribution in [0.15, 0.2) is 97.1 Å². The predicted molar refractivity (Wildman–Crippen MR) is 308 cm³/mol. The Morgan fingerprint density at radius 3 is 0.923 bits per heavy atom. The van der Waals surface area contributed by atoms with Crippen LogP contribution in [0.3, 0.4) is 0 Å². The molecule has 4 fully saturated rings. The normalized spacial score (nSPS) is 16.1. The standard InChI is InChI=1S/C12H9NO6P.C12H10NO5P.C8H9NO6P.C8H10NO5P.C5H7NO4P.C5H8NO3P/c1-7(2)12(16)18-20(17)19-13-10(14)8-5-3-4-6-9(8)11(13)15;1-7(2)12(16)17-19-18-13-10(14)8-5-3-4-6-9(8)11(13)15;1-5(2)8(12)14-16(13)15-9-6(10)3-4-7(9)11;1-5(2)8(12)13-15-14-9-6(10)3-4-7(9)11;1-11(9)10-6-4(7)2-3-5(6)8;1-10-9-6-4(7)2-3-5(6)8/h3-6H,1H2,2H3;3-6,19H,1H2,2H3;1,3-4H2,2H3;15H,1,3-4H2,2H3;2-3H2,1H3;10H,2-3H2,1H3/q+1;;+1;;+1;. The zero-order valence-corrected chi connectivity index (χ0v) is 54.2. The smallest absolute Gasteiger partial charge is 0.414 e. The number of hydrogen-bond donors (Lipinski definition) is 0. The lowest BCUT2D eigenvalue weighted by atomic mass is 10.1. The van der Waals surface area contributed by atoms with Crippen LogP contribution < -0.4 is 0 Å². The molecule has 2 aromatic rings. The average Bonchev–Trinajstić information content (AvgIpc) is 1.68. The highest BCUT2D eigenvalue weighted by atomic mass is 31.1. The monoisotopic (exact) mass is 1390 g/mol. The summed E-state index contributed by atoms with van der Waals surface area (Å²) in [6.45, 7) is 22.0. The number of nitrogens with zero attached hydrogens (tertiary/aromatic N) is 6. The van der Waals surface area contributed by atoms with Gasteiger partial charge in [-0.3, -0.25) is 57.5 Å². The molecule has 91 heavy (non-hydrogen) atoms. The predicted octanol–water partition coefficient (Wildman–Crippen LogP) is 6.10. The number of hydrogen-bond acceptors (Lipinski definition) is 29. The Labute approximate surface area is 522 Å². The van der Waals surface area contributed by atoms with Crippen molar-refractivity contribution < 1.29 is 136 Å². The number of amides is 12. The van der Waals surface area contributed by atoms with Crippen molar-refractivity contribution in [3.63, 3.8) is 0 Å². The van der Waals surface area contributed by atoms with Gasteiger partial charge in [-0.15, -0.1) is 20.3 Å². The maximum Gasteiger partial charge on any atom is 0.778 e. The van der Waals surface area contributed by atoms with Gasteiger partial charge in [0.15, 0.2) is 6.66 Å². The fraction of sp³-hybridized carbons (Fsp3) is 0.280. The minimum absolute atomic E-state index is 0.00353. The highest BCUT2D eigenvalue weighted by molar-refractivity contribution is 7.38. The first-order chi connectivity index (χ1) is 42.7. The second-order valence-corrected chi connectivity index (χ2v) is 22.0. The molecular formula is C50H53N6O29P6+3. The second-order valence-electron chi connectivity index (χ2n) is 17.7. The third-order valence-corrected chi connectivity index (χ3v) is 13.5. The minimum Gasteiger partial charge on any atom is -0.414 e. The zero-order chi connectivity index (χ0) is 68.6. The number of hydroxylamine groups is 12. The van der Waals surface area contributed by atoms with Crippen LogP contribution in [0.25, 0.3) is 0 Å². The molecule has 6 unspecified atom stereocenters. The summed E-state index contributed by atoms with van der Waals surface area (Å²) in [4.78, 5) is 179. The third kappa shape index (κ3) is 23.3. The number of carbonyl (C=O) groups excluding carboxylic acids is 16. The van der Waals surface area contributed by atoms with E-state index in [1.807, 2.05) is 0 Å². The van der Waals surface area contributed by atoms with Gasteiger partial charge in [-0.05, 0) is 67.8 Å². The molecule has 0 aromatic heterocycles. The van der Waals surface area contributed by atoms with E-state index in [4.69, 9.17) is 13.9 Å². The lowest BCUT2D eigenvalue weighted by Crippen LogP contribution is -2.27. The van der Waals surface area contributed by atoms with Crippen molar-refractivity contribution in [1.29, 1.82) is 0 Å². The Hall–Kier alpha value is -8.53. The summed E-state index contributed by atoms with van der Waals surface area (Å²) < 4.78 is 78.9. The molecule has 0 saturated carbocycles. The van der Waals surface area contributed by atoms with Crippen molar-refractivity contribution in [3.05, 3.63) is 119 Å². The number of imide groups is 6. The molecule has 6 atom stereocenters. The molecule has 0 spiro atoms. The number of carbonyl (C=O) groups is 16. The van der Waals surface area contributed by atoms with E-state index in [-0.39, 0.29) is 104 Å². The molecule has 484 valence electrons. The van der Waals surface area contributed by atoms with Gasteiger partial charge in [0, 0.05) is 101 Å². The summed E-state index contributed by atoms with van der Waals surface area (Å²) in [7, 11) is -9.17. The molecule has 4 saturated heterocycles. The molecule has 8 rings (SSSR count). The second kappa shape index (κ2) is 37.0. The Kier molecular flexibility index (Phi) is 31.2. The van der Waals surface area contributed by atoms with E-state index in [2.05, 4.69) is 58.3 Å². The third-order valence-electron chi connectivity index (χ3n) is 10.4. The van der Waals surface area contributed by atoms with Gasteiger partial charge in [0.2, 0.25) is 18.1 Å². The van der Waals surface area contributed by atoms with Crippen LogP contribution in [0.1, 0.15) is 120 Å². The van der Waals surface area contributed by atoms with Gasteiger partial charge in [0.25, 0.3) is 70.9 Å². The van der Waals surface area contributed by atoms with Crippen molar-refractivity contribution in [2.45, 2.75) is 79.1 Å². The largest absolute Gasteiger partial charge is 0.778 e. The molecular weight excluding hydrogens is 1330 g/mol. The number of benzene rings is 2. The first kappa shape index (κ1) is 76.7. The number of rotatable bonds is 20. The van der Waals surface area contributed by atoms with E-state index >= 15 is 0 Å². The molecule has 12 amide bonds. The molecule has 0 radical (unpaired) electrons. The molecule has 6 aliphatic rings. The SMILES string of the molecule is C=C(C)C(=O)OPON1C(=O)CCC1=O.C=C(C)C(=O)OPON1C(=O)c2ccccc2C1=O.C=C(C)C(=O)O[P+](=O)ON1C(=O)CCC1=O.C=C(C)C(=O)O[P+](=O)ON1C(=O)c2ccccc2C1=O.CPON1C(=O)CCC1=O.C[P+](=O)ON1C(=O)CCC1=O. The van der Waals surface area contributed by atoms with Gasteiger partial charge in [-0.25, -0.2) is 33.1 Å². The summed E-state index contributed by atoms with van der Waals surface area (Å²) in [6.07, 6.45) is 1.17. The highest BCUT2D eigenvalue weighted by Gasteiger charge is 2.45. The van der Waals surface area contributed by atoms with Gasteiger partial charge in [0.1, 0.15) is 0 Å². The van der Waals surface area contributed by atoms with Gasteiger partial charge < -0.3 is 9.05 Å². The van der Waals surface area contributed by atoms with E-state index in [1.54, 1.807) is 30.9 Å². The number of fused-ring (bicyclic) bond motifs is 2. The first-order valence-corrected chi connectivity index (χ1v) is 32.0. The van der Waals surface area contributed by atoms with Crippen molar-refractivity contribution in [3.8, 4) is 0 Å². The van der Waals surface area contributed by atoms with Crippen LogP contribution in [0.4, 0.5) is 0 Å². The fourth-order valence-electron chi connectivity index (χ4n) is 6.13. The molecule has 0 aliphatic carbocycles. The fourth-order valence-corrected chi connectivity index (χ4v) is 9.26. The quantitative estimate of drug-likeness (QED) is 0.0820. The summed E-state index contributed by atoms with van der Waals surface area (Å²) in [5.41, 5.74) is 1.28. The van der Waals surface area contributed by atoms with Crippen molar-refractivity contribution >= 4 is 146 Å². The average molecular weight is 1390 g/mol. The van der Waals surface area contributed by atoms with E-state index in [9.17, 15) is 90.4 Å². The van der Waals surface area contributed by atoms with Crippen LogP contribution in [0.2, 0.25) is 0 Å². The van der Waals surface area contributed by atoms with Crippen LogP contribution in [-0.2, 0) is 117 Å². The van der Waals surface area contributed by atoms with Gasteiger partial charge in [0.05, 0.1) is 22.3 Å². The van der Waals surface area contributed by atoms with Gasteiger partial charge in [-0.1, -0.05) is 55.6 Å². The van der Waals surface area contributed by atoms with Crippen molar-refractivity contribution in [2.24, 2.45) is 0 Å². The summed E-state index contributed by atoms with van der Waals surface area (Å²) in [5, 5.41) is 3.33. The summed E-state index contributed by atoms with van der Waals surface area (Å²) in [5.74, 6) is -9.12. The minimum atomic E-state index is -3.00. The molecule has 6 heterocycles. The molecule has 6 aliphatic heterocycles. The molecule has 35 nitrogen and oxygen atoms in total. The van der Waals surface area contributed by atoms with E-state index in [0.717, 1.165) is 5.06 Å². The Morgan fingerprint density at radius 2 is 0.637 bits per heavy atom. The first-order valence-electron chi connectivity index (χ1n) is 25.2. The zero-order valence-electron chi connectivity index (χ0n) is 48.5. The molecule has 0 bridgehead atoms. The van der Waals surface area contributed by atoms with E-state index in [0.29, 0.717) is 38.2 Å². The highest BCUT2D eigenvalue weighted by Crippen LogP contribution is 2.34.